The summed E-state index contributed by atoms with van der Waals surface area (Å²) in [4.78, 5) is 27.6. The standard InChI is InChI=1S/C10H11ClN4O2/c1-4-5-15-7-6(12-9(15)11)8(16)14(3)10(17)13(7)2/h4H,1,5H2,2-3H3. The largest absolute Gasteiger partial charge is 0.332 e. The fourth-order valence-corrected chi connectivity index (χ4v) is 1.99. The van der Waals surface area contributed by atoms with Crippen molar-refractivity contribution >= 4 is 22.8 Å². The van der Waals surface area contributed by atoms with Crippen molar-refractivity contribution in [1.29, 1.82) is 0 Å². The van der Waals surface area contributed by atoms with Crippen molar-refractivity contribution in [2.24, 2.45) is 14.1 Å². The summed E-state index contributed by atoms with van der Waals surface area (Å²) >= 11 is 5.94. The first kappa shape index (κ1) is 11.7. The van der Waals surface area contributed by atoms with Crippen LogP contribution in [0, 0.1) is 0 Å². The van der Waals surface area contributed by atoms with Crippen LogP contribution in [0.2, 0.25) is 5.28 Å². The predicted octanol–water partition coefficient (Wildman–Crippen LogP) is 0.273. The Balaban J connectivity index is 3.07. The summed E-state index contributed by atoms with van der Waals surface area (Å²) in [5.74, 6) is 0. The molecule has 0 bridgehead atoms. The van der Waals surface area contributed by atoms with Crippen LogP contribution in [0.1, 0.15) is 0 Å². The van der Waals surface area contributed by atoms with Gasteiger partial charge in [-0.05, 0) is 11.6 Å². The molecule has 0 aliphatic heterocycles. The van der Waals surface area contributed by atoms with Crippen molar-refractivity contribution in [3.8, 4) is 0 Å². The number of nitrogens with zero attached hydrogens (tertiary/aromatic N) is 4. The van der Waals surface area contributed by atoms with E-state index in [9.17, 15) is 9.59 Å². The molecule has 7 heteroatoms. The normalized spacial score (nSPS) is 11.0. The molecule has 0 aromatic carbocycles. The molecule has 17 heavy (non-hydrogen) atoms. The molecule has 2 rings (SSSR count). The summed E-state index contributed by atoms with van der Waals surface area (Å²) < 4.78 is 3.91. The van der Waals surface area contributed by atoms with Crippen LogP contribution in [-0.4, -0.2) is 18.7 Å². The van der Waals surface area contributed by atoms with Gasteiger partial charge in [0.25, 0.3) is 5.56 Å². The number of aromatic nitrogens is 4. The third-order valence-electron chi connectivity index (χ3n) is 2.60. The second-order valence-electron chi connectivity index (χ2n) is 3.66. The minimum atomic E-state index is -0.451. The van der Waals surface area contributed by atoms with Gasteiger partial charge in [0.1, 0.15) is 0 Å². The summed E-state index contributed by atoms with van der Waals surface area (Å²) in [6.07, 6.45) is 1.62. The monoisotopic (exact) mass is 254 g/mol. The lowest BCUT2D eigenvalue weighted by atomic mass is 10.5. The molecule has 0 atom stereocenters. The zero-order valence-corrected chi connectivity index (χ0v) is 10.2. The van der Waals surface area contributed by atoms with Crippen LogP contribution in [0.15, 0.2) is 22.2 Å². The molecule has 0 saturated carbocycles. The first-order valence-corrected chi connectivity index (χ1v) is 5.29. The third-order valence-corrected chi connectivity index (χ3v) is 2.89. The molecule has 90 valence electrons. The fourth-order valence-electron chi connectivity index (χ4n) is 1.75. The number of imidazole rings is 1. The first-order valence-electron chi connectivity index (χ1n) is 4.91. The van der Waals surface area contributed by atoms with Crippen molar-refractivity contribution in [2.75, 3.05) is 0 Å². The fraction of sp³-hybridized carbons (Fsp3) is 0.300. The average molecular weight is 255 g/mol. The van der Waals surface area contributed by atoms with E-state index in [1.165, 1.54) is 11.6 Å². The Morgan fingerprint density at radius 1 is 1.35 bits per heavy atom. The van der Waals surface area contributed by atoms with Crippen molar-refractivity contribution in [1.82, 2.24) is 18.7 Å². The molecular weight excluding hydrogens is 244 g/mol. The SMILES string of the molecule is C=CCn1c(Cl)nc2c(=O)n(C)c(=O)n(C)c21. The van der Waals surface area contributed by atoms with Gasteiger partial charge >= 0.3 is 5.69 Å². The Labute approximate surface area is 101 Å². The molecule has 0 saturated heterocycles. The van der Waals surface area contributed by atoms with Crippen molar-refractivity contribution < 1.29 is 0 Å². The van der Waals surface area contributed by atoms with Crippen molar-refractivity contribution in [3.05, 3.63) is 38.8 Å². The lowest BCUT2D eigenvalue weighted by molar-refractivity contribution is 0.691. The van der Waals surface area contributed by atoms with Crippen LogP contribution in [0.25, 0.3) is 11.2 Å². The van der Waals surface area contributed by atoms with Gasteiger partial charge in [0.05, 0.1) is 0 Å². The van der Waals surface area contributed by atoms with Crippen LogP contribution in [0.3, 0.4) is 0 Å². The Morgan fingerprint density at radius 3 is 2.59 bits per heavy atom. The number of halogens is 1. The highest BCUT2D eigenvalue weighted by Crippen LogP contribution is 2.15. The lowest BCUT2D eigenvalue weighted by Gasteiger charge is -2.06. The van der Waals surface area contributed by atoms with Crippen molar-refractivity contribution in [3.63, 3.8) is 0 Å². The molecule has 0 N–H and O–H groups in total. The second-order valence-corrected chi connectivity index (χ2v) is 4.00. The maximum Gasteiger partial charge on any atom is 0.332 e. The van der Waals surface area contributed by atoms with E-state index in [-0.39, 0.29) is 10.8 Å². The number of allylic oxidation sites excluding steroid dienone is 1. The van der Waals surface area contributed by atoms with E-state index in [0.29, 0.717) is 12.2 Å². The molecule has 0 spiro atoms. The minimum Gasteiger partial charge on any atom is -0.297 e. The summed E-state index contributed by atoms with van der Waals surface area (Å²) in [6.45, 7) is 3.98. The maximum atomic E-state index is 11.9. The van der Waals surface area contributed by atoms with Crippen LogP contribution in [0.5, 0.6) is 0 Å². The topological polar surface area (TPSA) is 61.8 Å². The maximum absolute atomic E-state index is 11.9. The summed E-state index contributed by atoms with van der Waals surface area (Å²) in [7, 11) is 2.98. The van der Waals surface area contributed by atoms with E-state index < -0.39 is 11.2 Å². The molecule has 2 heterocycles. The molecule has 0 amide bonds. The van der Waals surface area contributed by atoms with E-state index in [0.717, 1.165) is 4.57 Å². The Morgan fingerprint density at radius 2 is 2.00 bits per heavy atom. The summed E-state index contributed by atoms with van der Waals surface area (Å²) in [5, 5.41) is 0.165. The molecule has 0 aliphatic rings. The number of fused-ring (bicyclic) bond motifs is 1. The smallest absolute Gasteiger partial charge is 0.297 e. The Hall–Kier alpha value is -1.82. The zero-order valence-electron chi connectivity index (χ0n) is 9.47. The van der Waals surface area contributed by atoms with Gasteiger partial charge in [-0.25, -0.2) is 9.78 Å². The zero-order chi connectivity index (χ0) is 12.7. The highest BCUT2D eigenvalue weighted by atomic mass is 35.5. The van der Waals surface area contributed by atoms with Crippen LogP contribution < -0.4 is 11.2 Å². The van der Waals surface area contributed by atoms with Gasteiger partial charge in [-0.15, -0.1) is 6.58 Å². The van der Waals surface area contributed by atoms with Crippen molar-refractivity contribution in [2.45, 2.75) is 6.54 Å². The highest BCUT2D eigenvalue weighted by molar-refractivity contribution is 6.29. The minimum absolute atomic E-state index is 0.165. The molecular formula is C10H11ClN4O2. The second kappa shape index (κ2) is 3.89. The molecule has 0 fully saturated rings. The van der Waals surface area contributed by atoms with Gasteiger partial charge in [0.2, 0.25) is 5.28 Å². The molecule has 0 aliphatic carbocycles. The predicted molar refractivity (Wildman–Crippen MR) is 65.4 cm³/mol. The van der Waals surface area contributed by atoms with E-state index >= 15 is 0 Å². The van der Waals surface area contributed by atoms with E-state index in [1.54, 1.807) is 17.7 Å². The Kier molecular flexibility index (Phi) is 2.66. The van der Waals surface area contributed by atoms with Crippen LogP contribution in [-0.2, 0) is 20.6 Å². The first-order chi connectivity index (χ1) is 7.99. The van der Waals surface area contributed by atoms with Gasteiger partial charge in [-0.1, -0.05) is 6.08 Å². The van der Waals surface area contributed by atoms with Gasteiger partial charge in [-0.2, -0.15) is 0 Å². The van der Waals surface area contributed by atoms with E-state index in [2.05, 4.69) is 11.6 Å². The molecule has 2 aromatic heterocycles. The quantitative estimate of drug-likeness (QED) is 0.571. The summed E-state index contributed by atoms with van der Waals surface area (Å²) in [6, 6.07) is 0. The van der Waals surface area contributed by atoms with Gasteiger partial charge in [0, 0.05) is 20.6 Å². The van der Waals surface area contributed by atoms with Crippen LogP contribution >= 0.6 is 11.6 Å². The number of aryl methyl sites for hydroxylation is 1. The highest BCUT2D eigenvalue weighted by Gasteiger charge is 2.16. The van der Waals surface area contributed by atoms with Gasteiger partial charge in [-0.3, -0.25) is 18.5 Å². The molecule has 2 aromatic rings. The van der Waals surface area contributed by atoms with Crippen LogP contribution in [0.4, 0.5) is 0 Å². The number of rotatable bonds is 2. The lowest BCUT2D eigenvalue weighted by Crippen LogP contribution is -2.37. The average Bonchev–Trinajstić information content (AvgIpc) is 2.62. The molecule has 0 radical (unpaired) electrons. The third kappa shape index (κ3) is 1.52. The van der Waals surface area contributed by atoms with E-state index in [1.807, 2.05) is 0 Å². The summed E-state index contributed by atoms with van der Waals surface area (Å²) in [5.41, 5.74) is -0.276. The van der Waals surface area contributed by atoms with Gasteiger partial charge in [0.15, 0.2) is 11.2 Å². The molecule has 6 nitrogen and oxygen atoms in total. The molecule has 0 unspecified atom stereocenters. The van der Waals surface area contributed by atoms with Gasteiger partial charge < -0.3 is 0 Å². The Bertz CT molecular complexity index is 722. The van der Waals surface area contributed by atoms with E-state index in [4.69, 9.17) is 11.6 Å². The number of hydrogen-bond donors (Lipinski definition) is 0. The number of hydrogen-bond acceptors (Lipinski definition) is 3.